The maximum absolute atomic E-state index is 12.5. The van der Waals surface area contributed by atoms with Gasteiger partial charge in [-0.1, -0.05) is 0 Å². The monoisotopic (exact) mass is 370 g/mol. The molecule has 3 aromatic heterocycles. The highest BCUT2D eigenvalue weighted by Gasteiger charge is 2.18. The quantitative estimate of drug-likeness (QED) is 0.753. The minimum atomic E-state index is -0.303. The highest BCUT2D eigenvalue weighted by Crippen LogP contribution is 2.25. The van der Waals surface area contributed by atoms with Gasteiger partial charge < -0.3 is 14.2 Å². The summed E-state index contributed by atoms with van der Waals surface area (Å²) in [5, 5.41) is 5.13. The lowest BCUT2D eigenvalue weighted by molar-refractivity contribution is 0.102. The van der Waals surface area contributed by atoms with E-state index in [-0.39, 0.29) is 5.91 Å². The smallest absolute Gasteiger partial charge is 0.276 e. The number of aromatic nitrogens is 3. The van der Waals surface area contributed by atoms with Gasteiger partial charge in [0.05, 0.1) is 6.26 Å². The Morgan fingerprint density at radius 2 is 2.12 bits per heavy atom. The van der Waals surface area contributed by atoms with Crippen LogP contribution in [0.4, 0.5) is 10.9 Å². The predicted octanol–water partition coefficient (Wildman–Crippen LogP) is 2.20. The summed E-state index contributed by atoms with van der Waals surface area (Å²) in [4.78, 5) is 29.7. The fourth-order valence-corrected chi connectivity index (χ4v) is 3.40. The first-order valence-corrected chi connectivity index (χ1v) is 9.13. The first-order valence-electron chi connectivity index (χ1n) is 8.25. The Morgan fingerprint density at radius 3 is 2.88 bits per heavy atom. The Balaban J connectivity index is 1.46. The van der Waals surface area contributed by atoms with Crippen LogP contribution in [0.25, 0.3) is 11.5 Å². The highest BCUT2D eigenvalue weighted by molar-refractivity contribution is 7.14. The number of hydrogen-bond acceptors (Lipinski definition) is 8. The topological polar surface area (TPSA) is 87.4 Å². The van der Waals surface area contributed by atoms with E-state index in [4.69, 9.17) is 4.42 Å². The van der Waals surface area contributed by atoms with Crippen molar-refractivity contribution < 1.29 is 9.21 Å². The predicted molar refractivity (Wildman–Crippen MR) is 99.5 cm³/mol. The number of carbonyl (C=O) groups excluding carboxylic acids is 1. The van der Waals surface area contributed by atoms with Crippen LogP contribution in [0.1, 0.15) is 10.5 Å². The number of furan rings is 1. The van der Waals surface area contributed by atoms with Crippen molar-refractivity contribution in [3.8, 4) is 11.5 Å². The summed E-state index contributed by atoms with van der Waals surface area (Å²) < 4.78 is 5.31. The fourth-order valence-electron chi connectivity index (χ4n) is 2.71. The van der Waals surface area contributed by atoms with Crippen LogP contribution >= 0.6 is 11.3 Å². The van der Waals surface area contributed by atoms with Crippen LogP contribution < -0.4 is 10.2 Å². The average Bonchev–Trinajstić information content (AvgIpc) is 3.34. The van der Waals surface area contributed by atoms with Gasteiger partial charge in [0.2, 0.25) is 0 Å². The molecule has 0 atom stereocenters. The van der Waals surface area contributed by atoms with Crippen LogP contribution in [-0.4, -0.2) is 59.0 Å². The Morgan fingerprint density at radius 1 is 1.27 bits per heavy atom. The minimum Gasteiger partial charge on any atom is -0.463 e. The Hall–Kier alpha value is -2.78. The number of nitrogens with zero attached hydrogens (tertiary/aromatic N) is 5. The van der Waals surface area contributed by atoms with E-state index in [1.807, 2.05) is 11.4 Å². The molecular weight excluding hydrogens is 352 g/mol. The molecule has 4 heterocycles. The lowest BCUT2D eigenvalue weighted by Crippen LogP contribution is -2.44. The SMILES string of the molecule is CN1CCN(c2cc(C(=O)Nc3nc(-c4ccco4)cs3)ncn2)CC1. The summed E-state index contributed by atoms with van der Waals surface area (Å²) in [7, 11) is 2.10. The number of amides is 1. The largest absolute Gasteiger partial charge is 0.463 e. The van der Waals surface area contributed by atoms with Gasteiger partial charge in [-0.2, -0.15) is 0 Å². The van der Waals surface area contributed by atoms with Gasteiger partial charge in [-0.3, -0.25) is 10.1 Å². The van der Waals surface area contributed by atoms with Crippen molar-refractivity contribution in [1.29, 1.82) is 0 Å². The molecule has 0 bridgehead atoms. The normalized spacial score (nSPS) is 15.2. The molecule has 1 aliphatic heterocycles. The van der Waals surface area contributed by atoms with Crippen LogP contribution in [0.3, 0.4) is 0 Å². The highest BCUT2D eigenvalue weighted by atomic mass is 32.1. The fraction of sp³-hybridized carbons (Fsp3) is 0.294. The molecule has 8 nitrogen and oxygen atoms in total. The van der Waals surface area contributed by atoms with E-state index < -0.39 is 0 Å². The van der Waals surface area contributed by atoms with Gasteiger partial charge in [-0.15, -0.1) is 11.3 Å². The zero-order chi connectivity index (χ0) is 17.9. The minimum absolute atomic E-state index is 0.303. The number of rotatable bonds is 4. The first kappa shape index (κ1) is 16.7. The molecule has 1 saturated heterocycles. The molecular formula is C17H18N6O2S. The van der Waals surface area contributed by atoms with E-state index >= 15 is 0 Å². The second kappa shape index (κ2) is 7.22. The molecule has 4 rings (SSSR count). The molecule has 1 fully saturated rings. The van der Waals surface area contributed by atoms with E-state index in [1.165, 1.54) is 17.7 Å². The summed E-state index contributed by atoms with van der Waals surface area (Å²) in [6.45, 7) is 3.71. The van der Waals surface area contributed by atoms with E-state index in [0.717, 1.165) is 32.0 Å². The lowest BCUT2D eigenvalue weighted by atomic mass is 10.3. The molecule has 1 amide bonds. The van der Waals surface area contributed by atoms with Gasteiger partial charge in [0.25, 0.3) is 5.91 Å². The number of hydrogen-bond donors (Lipinski definition) is 1. The van der Waals surface area contributed by atoms with Gasteiger partial charge in [0, 0.05) is 37.6 Å². The van der Waals surface area contributed by atoms with Crippen LogP contribution in [0, 0.1) is 0 Å². The third-order valence-corrected chi connectivity index (χ3v) is 4.97. The maximum Gasteiger partial charge on any atom is 0.276 e. The van der Waals surface area contributed by atoms with Gasteiger partial charge in [-0.05, 0) is 19.2 Å². The van der Waals surface area contributed by atoms with E-state index in [0.29, 0.717) is 22.3 Å². The van der Waals surface area contributed by atoms with Crippen molar-refractivity contribution in [2.24, 2.45) is 0 Å². The third-order valence-electron chi connectivity index (χ3n) is 4.21. The second-order valence-corrected chi connectivity index (χ2v) is 6.88. The van der Waals surface area contributed by atoms with E-state index in [9.17, 15) is 4.79 Å². The number of carbonyl (C=O) groups is 1. The molecule has 0 spiro atoms. The van der Waals surface area contributed by atoms with Crippen molar-refractivity contribution in [1.82, 2.24) is 19.9 Å². The molecule has 9 heteroatoms. The number of likely N-dealkylation sites (N-methyl/N-ethyl adjacent to an activating group) is 1. The summed E-state index contributed by atoms with van der Waals surface area (Å²) in [6, 6.07) is 5.35. The Bertz CT molecular complexity index is 886. The van der Waals surface area contributed by atoms with E-state index in [1.54, 1.807) is 18.4 Å². The molecule has 26 heavy (non-hydrogen) atoms. The summed E-state index contributed by atoms with van der Waals surface area (Å²) >= 11 is 1.34. The number of anilines is 2. The van der Waals surface area contributed by atoms with E-state index in [2.05, 4.69) is 37.1 Å². The number of thiazole rings is 1. The zero-order valence-corrected chi connectivity index (χ0v) is 15.1. The van der Waals surface area contributed by atoms with Crippen LogP contribution in [0.2, 0.25) is 0 Å². The second-order valence-electron chi connectivity index (χ2n) is 6.02. The standard InChI is InChI=1S/C17H18N6O2S/c1-22-4-6-23(7-5-22)15-9-12(18-11-19-15)16(24)21-17-20-13(10-26-17)14-3-2-8-25-14/h2-3,8-11H,4-7H2,1H3,(H,20,21,24). The van der Waals surface area contributed by atoms with Crippen LogP contribution in [0.15, 0.2) is 40.6 Å². The molecule has 0 aliphatic carbocycles. The van der Waals surface area contributed by atoms with Crippen molar-refractivity contribution >= 4 is 28.2 Å². The maximum atomic E-state index is 12.5. The van der Waals surface area contributed by atoms with Crippen LogP contribution in [-0.2, 0) is 0 Å². The number of piperazine rings is 1. The summed E-state index contributed by atoms with van der Waals surface area (Å²) in [6.07, 6.45) is 3.02. The van der Waals surface area contributed by atoms with Gasteiger partial charge in [-0.25, -0.2) is 15.0 Å². The molecule has 1 aliphatic rings. The molecule has 0 radical (unpaired) electrons. The van der Waals surface area contributed by atoms with Gasteiger partial charge in [0.1, 0.15) is 23.5 Å². The summed E-state index contributed by atoms with van der Waals surface area (Å²) in [5.74, 6) is 1.14. The molecule has 1 N–H and O–H groups in total. The molecule has 134 valence electrons. The summed E-state index contributed by atoms with van der Waals surface area (Å²) in [5.41, 5.74) is 1.01. The average molecular weight is 370 g/mol. The Kier molecular flexibility index (Phi) is 4.63. The zero-order valence-electron chi connectivity index (χ0n) is 14.3. The Labute approximate surface area is 154 Å². The molecule has 3 aromatic rings. The van der Waals surface area contributed by atoms with Crippen molar-refractivity contribution in [3.63, 3.8) is 0 Å². The van der Waals surface area contributed by atoms with Gasteiger partial charge >= 0.3 is 0 Å². The molecule has 0 aromatic carbocycles. The van der Waals surface area contributed by atoms with Crippen molar-refractivity contribution in [2.75, 3.05) is 43.4 Å². The third kappa shape index (κ3) is 3.58. The van der Waals surface area contributed by atoms with Crippen LogP contribution in [0.5, 0.6) is 0 Å². The number of nitrogens with one attached hydrogen (secondary N) is 1. The first-order chi connectivity index (χ1) is 12.7. The van der Waals surface area contributed by atoms with Gasteiger partial charge in [0.15, 0.2) is 10.9 Å². The lowest BCUT2D eigenvalue weighted by Gasteiger charge is -2.33. The molecule has 0 saturated carbocycles. The van der Waals surface area contributed by atoms with Crippen molar-refractivity contribution in [2.45, 2.75) is 0 Å². The molecule has 0 unspecified atom stereocenters. The van der Waals surface area contributed by atoms with Crippen molar-refractivity contribution in [3.05, 3.63) is 41.9 Å².